The minimum atomic E-state index is -1.31. The van der Waals surface area contributed by atoms with Crippen LogP contribution in [0.25, 0.3) is 10.9 Å². The summed E-state index contributed by atoms with van der Waals surface area (Å²) < 4.78 is 1.05. The van der Waals surface area contributed by atoms with Crippen LogP contribution in [0.1, 0.15) is 27.2 Å². The van der Waals surface area contributed by atoms with Crippen molar-refractivity contribution >= 4 is 23.0 Å². The first-order valence-corrected chi connectivity index (χ1v) is 6.47. The topological polar surface area (TPSA) is 81.9 Å². The van der Waals surface area contributed by atoms with Gasteiger partial charge in [0.25, 0.3) is 5.56 Å². The van der Waals surface area contributed by atoms with E-state index in [1.807, 2.05) is 0 Å². The molecule has 0 amide bonds. The minimum absolute atomic E-state index is 0. The smallest absolute Gasteiger partial charge is 0.276 e. The molecule has 1 unspecified atom stereocenters. The van der Waals surface area contributed by atoms with Crippen LogP contribution in [0.3, 0.4) is 0 Å². The van der Waals surface area contributed by atoms with Crippen LogP contribution in [-0.4, -0.2) is 27.1 Å². The summed E-state index contributed by atoms with van der Waals surface area (Å²) in [7, 11) is 0. The summed E-state index contributed by atoms with van der Waals surface area (Å²) in [6, 6.07) is 6.78. The summed E-state index contributed by atoms with van der Waals surface area (Å²) in [5.41, 5.74) is -1.27. The Morgan fingerprint density at radius 3 is 2.59 bits per heavy atom. The Hall–Kier alpha value is -1.27. The second-order valence-corrected chi connectivity index (χ2v) is 5.14. The maximum Gasteiger partial charge on any atom is 0.276 e. The standard InChI is InChI=1S/C15H15N3O3.Y/c1-10(2)15(3,13(20)8-9-19)18-14(21)11-6-4-5-7-12(11)16-17-18;/h4-7H,8H2,1-3H3;/q-2;. The van der Waals surface area contributed by atoms with Gasteiger partial charge < -0.3 is 9.59 Å². The molecule has 1 atom stereocenters. The molecule has 1 heterocycles. The van der Waals surface area contributed by atoms with Crippen molar-refractivity contribution in [3.05, 3.63) is 40.5 Å². The van der Waals surface area contributed by atoms with Gasteiger partial charge in [-0.2, -0.15) is 13.8 Å². The molecule has 0 aliphatic heterocycles. The molecule has 0 fully saturated rings. The normalized spacial score (nSPS) is 13.5. The number of hydrogen-bond acceptors (Lipinski definition) is 5. The van der Waals surface area contributed by atoms with Crippen LogP contribution in [0.5, 0.6) is 0 Å². The molecule has 0 bridgehead atoms. The Morgan fingerprint density at radius 1 is 1.36 bits per heavy atom. The van der Waals surface area contributed by atoms with Gasteiger partial charge in [0.15, 0.2) is 0 Å². The maximum absolute atomic E-state index is 12.6. The summed E-state index contributed by atoms with van der Waals surface area (Å²) in [6.45, 7) is 4.99. The fourth-order valence-electron chi connectivity index (χ4n) is 2.13. The molecule has 6 nitrogen and oxygen atoms in total. The third-order valence-electron chi connectivity index (χ3n) is 3.74. The van der Waals surface area contributed by atoms with Gasteiger partial charge in [0.2, 0.25) is 0 Å². The van der Waals surface area contributed by atoms with Crippen LogP contribution in [0.15, 0.2) is 29.1 Å². The molecule has 1 radical (unpaired) electrons. The molecule has 0 aliphatic rings. The third kappa shape index (κ3) is 3.08. The van der Waals surface area contributed by atoms with Crippen LogP contribution < -0.4 is 5.56 Å². The van der Waals surface area contributed by atoms with Crippen LogP contribution in [0.4, 0.5) is 0 Å². The van der Waals surface area contributed by atoms with Crippen molar-refractivity contribution in [2.75, 3.05) is 0 Å². The summed E-state index contributed by atoms with van der Waals surface area (Å²) in [6.07, 6.45) is 1.18. The first-order chi connectivity index (χ1) is 9.92. The fourth-order valence-corrected chi connectivity index (χ4v) is 2.13. The Bertz CT molecular complexity index is 757. The number of hydrogen-bond donors (Lipinski definition) is 0. The quantitative estimate of drug-likeness (QED) is 0.580. The van der Waals surface area contributed by atoms with Gasteiger partial charge in [-0.3, -0.25) is 17.0 Å². The summed E-state index contributed by atoms with van der Waals surface area (Å²) in [5, 5.41) is 8.25. The van der Waals surface area contributed by atoms with Gasteiger partial charge in [-0.15, -0.1) is 5.10 Å². The zero-order chi connectivity index (χ0) is 15.6. The molecule has 2 rings (SSSR count). The number of aromatic nitrogens is 3. The van der Waals surface area contributed by atoms with E-state index in [0.717, 1.165) is 4.68 Å². The SMILES string of the molecule is C[C-](C)C(C)(C(=O)C[C-]=O)n1nnc2ccccc2c1=O.[Y]. The molecule has 0 N–H and O–H groups in total. The Morgan fingerprint density at radius 2 is 2.00 bits per heavy atom. The number of rotatable bonds is 5. The van der Waals surface area contributed by atoms with E-state index in [1.54, 1.807) is 51.3 Å². The molecule has 0 spiro atoms. The van der Waals surface area contributed by atoms with E-state index < -0.39 is 23.3 Å². The number of nitrogens with zero attached hydrogens (tertiary/aromatic N) is 3. The average Bonchev–Trinajstić information content (AvgIpc) is 2.47. The number of benzene rings is 1. The van der Waals surface area contributed by atoms with E-state index in [9.17, 15) is 14.4 Å². The van der Waals surface area contributed by atoms with Gasteiger partial charge >= 0.3 is 0 Å². The largest absolute Gasteiger partial charge is 0.541 e. The average molecular weight is 374 g/mol. The zero-order valence-corrected chi connectivity index (χ0v) is 15.5. The van der Waals surface area contributed by atoms with Crippen molar-refractivity contribution in [2.45, 2.75) is 32.7 Å². The molecule has 1 aromatic carbocycles. The summed E-state index contributed by atoms with van der Waals surface area (Å²) >= 11 is 0. The van der Waals surface area contributed by atoms with Crippen LogP contribution in [0, 0.1) is 5.92 Å². The van der Waals surface area contributed by atoms with Gasteiger partial charge in [0.05, 0.1) is 5.39 Å². The van der Waals surface area contributed by atoms with Crippen molar-refractivity contribution in [1.82, 2.24) is 15.0 Å². The molecule has 2 aromatic rings. The van der Waals surface area contributed by atoms with E-state index in [4.69, 9.17) is 0 Å². The number of carbonyl (C=O) groups is 1. The maximum atomic E-state index is 12.6. The van der Waals surface area contributed by atoms with Gasteiger partial charge in [0, 0.05) is 38.2 Å². The van der Waals surface area contributed by atoms with E-state index in [0.29, 0.717) is 16.8 Å². The fraction of sp³-hybridized carbons (Fsp3) is 0.333. The van der Waals surface area contributed by atoms with Gasteiger partial charge in [-0.25, -0.2) is 4.68 Å². The first-order valence-electron chi connectivity index (χ1n) is 6.47. The van der Waals surface area contributed by atoms with Crippen LogP contribution >= 0.6 is 0 Å². The number of fused-ring (bicyclic) bond motifs is 1. The van der Waals surface area contributed by atoms with Crippen molar-refractivity contribution in [3.63, 3.8) is 0 Å². The second kappa shape index (κ2) is 7.33. The van der Waals surface area contributed by atoms with Gasteiger partial charge in [-0.05, 0) is 12.1 Å². The summed E-state index contributed by atoms with van der Waals surface area (Å²) in [4.78, 5) is 35.4. The molecule has 7 heteroatoms. The van der Waals surface area contributed by atoms with Crippen molar-refractivity contribution in [1.29, 1.82) is 0 Å². The van der Waals surface area contributed by atoms with Crippen molar-refractivity contribution in [2.24, 2.45) is 0 Å². The predicted molar refractivity (Wildman–Crippen MR) is 77.4 cm³/mol. The Labute approximate surface area is 153 Å². The van der Waals surface area contributed by atoms with E-state index in [-0.39, 0.29) is 32.7 Å². The number of ketones is 1. The molecule has 0 saturated heterocycles. The first kappa shape index (κ1) is 18.8. The monoisotopic (exact) mass is 374 g/mol. The summed E-state index contributed by atoms with van der Waals surface area (Å²) in [5.74, 6) is 0.207. The molecule has 22 heavy (non-hydrogen) atoms. The van der Waals surface area contributed by atoms with Crippen molar-refractivity contribution in [3.8, 4) is 0 Å². The number of carbonyl (C=O) groups excluding carboxylic acids is 2. The molecular formula is C15H15N3O3Y-2. The van der Waals surface area contributed by atoms with Gasteiger partial charge in [0.1, 0.15) is 11.3 Å². The third-order valence-corrected chi connectivity index (χ3v) is 3.74. The molecular weight excluding hydrogens is 359 g/mol. The molecule has 113 valence electrons. The second-order valence-electron chi connectivity index (χ2n) is 5.14. The predicted octanol–water partition coefficient (Wildman–Crippen LogP) is 1.19. The minimum Gasteiger partial charge on any atom is -0.541 e. The molecule has 0 aliphatic carbocycles. The Balaban J connectivity index is 0.00000242. The van der Waals surface area contributed by atoms with Gasteiger partial charge in [-0.1, -0.05) is 30.7 Å². The van der Waals surface area contributed by atoms with E-state index in [2.05, 4.69) is 10.3 Å². The number of Topliss-reactive ketones (excluding diaryl/α,β-unsaturated/α-hetero) is 1. The van der Waals surface area contributed by atoms with E-state index in [1.165, 1.54) is 0 Å². The Kier molecular flexibility index (Phi) is 6.26. The molecule has 1 aromatic heterocycles. The van der Waals surface area contributed by atoms with Crippen LogP contribution in [0.2, 0.25) is 0 Å². The van der Waals surface area contributed by atoms with Crippen LogP contribution in [-0.2, 0) is 47.8 Å². The molecule has 0 saturated carbocycles. The van der Waals surface area contributed by atoms with E-state index >= 15 is 0 Å². The zero-order valence-electron chi connectivity index (χ0n) is 12.7. The van der Waals surface area contributed by atoms with Crippen molar-refractivity contribution < 1.29 is 42.3 Å².